The first-order valence-electron chi connectivity index (χ1n) is 13.5. The molecule has 2 fully saturated rings. The molecule has 3 aromatic rings. The van der Waals surface area contributed by atoms with E-state index in [1.807, 2.05) is 42.5 Å². The Morgan fingerprint density at radius 2 is 1.73 bits per heavy atom. The lowest BCUT2D eigenvalue weighted by Crippen LogP contribution is -2.27. The van der Waals surface area contributed by atoms with Crippen LogP contribution in [0.3, 0.4) is 0 Å². The molecule has 3 aromatic carbocycles. The van der Waals surface area contributed by atoms with Crippen LogP contribution in [0, 0.1) is 0 Å². The minimum Gasteiger partial charge on any atom is -0.493 e. The maximum atomic E-state index is 13.1. The molecule has 0 N–H and O–H groups in total. The normalized spacial score (nSPS) is 16.9. The van der Waals surface area contributed by atoms with Crippen molar-refractivity contribution >= 4 is 51.9 Å². The Balaban J connectivity index is 1.18. The molecule has 5 nitrogen and oxygen atoms in total. The minimum atomic E-state index is -0.127. The molecule has 8 heteroatoms. The molecule has 208 valence electrons. The molecule has 5 rings (SSSR count). The Bertz CT molecular complexity index is 1370. The lowest BCUT2D eigenvalue weighted by Gasteiger charge is -2.22. The highest BCUT2D eigenvalue weighted by Crippen LogP contribution is 2.39. The highest BCUT2D eigenvalue weighted by Gasteiger charge is 2.32. The van der Waals surface area contributed by atoms with Gasteiger partial charge in [0.05, 0.1) is 23.6 Å². The molecule has 0 radical (unpaired) electrons. The summed E-state index contributed by atoms with van der Waals surface area (Å²) in [6.07, 6.45) is 8.34. The van der Waals surface area contributed by atoms with E-state index in [1.54, 1.807) is 30.2 Å². The molecule has 0 bridgehead atoms. The number of rotatable bonds is 10. The van der Waals surface area contributed by atoms with E-state index < -0.39 is 0 Å². The molecule has 1 aliphatic carbocycles. The zero-order chi connectivity index (χ0) is 27.9. The number of carbonyl (C=O) groups excluding carboxylic acids is 1. The van der Waals surface area contributed by atoms with Gasteiger partial charge in [-0.3, -0.25) is 9.69 Å². The van der Waals surface area contributed by atoms with Gasteiger partial charge in [-0.05, 0) is 65.8 Å². The SMILES string of the molecule is COc1cc(C=C2SC(=S)N(Cc3ccccc3)C2=O)cc(Cl)c1OCCOc1ccc(C2CCCCC2)cc1. The van der Waals surface area contributed by atoms with Gasteiger partial charge in [-0.2, -0.15) is 0 Å². The number of hydrogen-bond donors (Lipinski definition) is 0. The Kier molecular flexibility index (Phi) is 9.68. The van der Waals surface area contributed by atoms with Crippen molar-refractivity contribution < 1.29 is 19.0 Å². The third-order valence-electron chi connectivity index (χ3n) is 7.16. The average molecular weight is 594 g/mol. The van der Waals surface area contributed by atoms with Crippen LogP contribution >= 0.6 is 35.6 Å². The maximum absolute atomic E-state index is 13.1. The Morgan fingerprint density at radius 3 is 2.45 bits per heavy atom. The molecule has 1 heterocycles. The number of thioether (sulfide) groups is 1. The van der Waals surface area contributed by atoms with E-state index in [0.29, 0.717) is 51.4 Å². The van der Waals surface area contributed by atoms with Crippen molar-refractivity contribution in [2.24, 2.45) is 0 Å². The van der Waals surface area contributed by atoms with E-state index in [1.165, 1.54) is 49.4 Å². The fourth-order valence-corrected chi connectivity index (χ4v) is 6.62. The van der Waals surface area contributed by atoms with Gasteiger partial charge in [-0.15, -0.1) is 0 Å². The number of thiocarbonyl (C=S) groups is 1. The molecule has 1 saturated carbocycles. The molecular weight excluding hydrogens is 562 g/mol. The molecule has 0 aromatic heterocycles. The topological polar surface area (TPSA) is 48.0 Å². The summed E-state index contributed by atoms with van der Waals surface area (Å²) >= 11 is 13.3. The average Bonchev–Trinajstić information content (AvgIpc) is 3.24. The van der Waals surface area contributed by atoms with Crippen LogP contribution in [0.2, 0.25) is 5.02 Å². The molecule has 0 unspecified atom stereocenters. The number of ether oxygens (including phenoxy) is 3. The van der Waals surface area contributed by atoms with Gasteiger partial charge in [0.15, 0.2) is 11.5 Å². The molecular formula is C32H32ClNO4S2. The zero-order valence-corrected chi connectivity index (χ0v) is 24.8. The van der Waals surface area contributed by atoms with Crippen molar-refractivity contribution in [3.63, 3.8) is 0 Å². The van der Waals surface area contributed by atoms with Crippen LogP contribution < -0.4 is 14.2 Å². The molecule has 2 aliphatic rings. The fourth-order valence-electron chi connectivity index (χ4n) is 5.09. The summed E-state index contributed by atoms with van der Waals surface area (Å²) in [4.78, 5) is 15.2. The highest BCUT2D eigenvalue weighted by atomic mass is 35.5. The number of halogens is 1. The first-order valence-corrected chi connectivity index (χ1v) is 15.1. The van der Waals surface area contributed by atoms with E-state index in [0.717, 1.165) is 16.9 Å². The predicted octanol–water partition coefficient (Wildman–Crippen LogP) is 8.26. The van der Waals surface area contributed by atoms with Crippen LogP contribution in [-0.2, 0) is 11.3 Å². The van der Waals surface area contributed by atoms with Gasteiger partial charge in [-0.1, -0.05) is 97.3 Å². The second-order valence-corrected chi connectivity index (χ2v) is 12.0. The van der Waals surface area contributed by atoms with Crippen LogP contribution in [0.4, 0.5) is 0 Å². The van der Waals surface area contributed by atoms with E-state index in [4.69, 9.17) is 38.0 Å². The van der Waals surface area contributed by atoms with Gasteiger partial charge in [0.2, 0.25) is 0 Å². The number of benzene rings is 3. The van der Waals surface area contributed by atoms with E-state index in [9.17, 15) is 4.79 Å². The summed E-state index contributed by atoms with van der Waals surface area (Å²) in [6, 6.07) is 21.8. The van der Waals surface area contributed by atoms with Gasteiger partial charge >= 0.3 is 0 Å². The molecule has 0 spiro atoms. The molecule has 40 heavy (non-hydrogen) atoms. The monoisotopic (exact) mass is 593 g/mol. The van der Waals surface area contributed by atoms with Crippen molar-refractivity contribution in [1.29, 1.82) is 0 Å². The van der Waals surface area contributed by atoms with Crippen molar-refractivity contribution in [3.05, 3.63) is 93.3 Å². The quantitative estimate of drug-likeness (QED) is 0.134. The summed E-state index contributed by atoms with van der Waals surface area (Å²) in [7, 11) is 1.56. The molecule has 1 saturated heterocycles. The van der Waals surface area contributed by atoms with Gasteiger partial charge < -0.3 is 14.2 Å². The van der Waals surface area contributed by atoms with E-state index >= 15 is 0 Å². The minimum absolute atomic E-state index is 0.127. The second kappa shape index (κ2) is 13.6. The third kappa shape index (κ3) is 7.00. The fraction of sp³-hybridized carbons (Fsp3) is 0.312. The van der Waals surface area contributed by atoms with Crippen molar-refractivity contribution in [3.8, 4) is 17.2 Å². The second-order valence-electron chi connectivity index (χ2n) is 9.89. The number of hydrogen-bond acceptors (Lipinski definition) is 6. The molecule has 1 aliphatic heterocycles. The number of nitrogens with zero attached hydrogens (tertiary/aromatic N) is 1. The molecule has 0 atom stereocenters. The Hall–Kier alpha value is -3.00. The van der Waals surface area contributed by atoms with Crippen molar-refractivity contribution in [2.75, 3.05) is 20.3 Å². The summed E-state index contributed by atoms with van der Waals surface area (Å²) in [5, 5.41) is 0.391. The van der Waals surface area contributed by atoms with E-state index in [2.05, 4.69) is 12.1 Å². The highest BCUT2D eigenvalue weighted by molar-refractivity contribution is 8.26. The third-order valence-corrected chi connectivity index (χ3v) is 8.82. The zero-order valence-electron chi connectivity index (χ0n) is 22.4. The predicted molar refractivity (Wildman–Crippen MR) is 166 cm³/mol. The summed E-state index contributed by atoms with van der Waals surface area (Å²) in [5.41, 5.74) is 3.15. The number of carbonyl (C=O) groups is 1. The summed E-state index contributed by atoms with van der Waals surface area (Å²) in [6.45, 7) is 1.11. The Labute approximate surface area is 250 Å². The lowest BCUT2D eigenvalue weighted by atomic mass is 9.84. The first kappa shape index (κ1) is 28.5. The summed E-state index contributed by atoms with van der Waals surface area (Å²) in [5.74, 6) is 2.29. The van der Waals surface area contributed by atoms with Crippen molar-refractivity contribution in [1.82, 2.24) is 4.90 Å². The van der Waals surface area contributed by atoms with Crippen LogP contribution in [0.5, 0.6) is 17.2 Å². The van der Waals surface area contributed by atoms with Crippen LogP contribution in [-0.4, -0.2) is 35.5 Å². The lowest BCUT2D eigenvalue weighted by molar-refractivity contribution is -0.122. The summed E-state index contributed by atoms with van der Waals surface area (Å²) < 4.78 is 17.9. The standard InChI is InChI=1S/C32H32ClNO4S2/c1-36-28-19-23(20-29-31(35)34(32(39)40-29)21-22-8-4-2-5-9-22)18-27(33)30(28)38-17-16-37-26-14-12-25(13-15-26)24-10-6-3-7-11-24/h2,4-5,8-9,12-15,18-20,24H,3,6-7,10-11,16-17,21H2,1H3. The Morgan fingerprint density at radius 1 is 1.00 bits per heavy atom. The van der Waals surface area contributed by atoms with Gasteiger partial charge in [0, 0.05) is 0 Å². The van der Waals surface area contributed by atoms with Gasteiger partial charge in [0.1, 0.15) is 23.3 Å². The van der Waals surface area contributed by atoms with Gasteiger partial charge in [0.25, 0.3) is 5.91 Å². The number of methoxy groups -OCH3 is 1. The van der Waals surface area contributed by atoms with Crippen molar-refractivity contribution in [2.45, 2.75) is 44.6 Å². The van der Waals surface area contributed by atoms with Crippen LogP contribution in [0.25, 0.3) is 6.08 Å². The van der Waals surface area contributed by atoms with E-state index in [-0.39, 0.29) is 5.91 Å². The molecule has 1 amide bonds. The number of amides is 1. The smallest absolute Gasteiger partial charge is 0.266 e. The van der Waals surface area contributed by atoms with Crippen LogP contribution in [0.15, 0.2) is 71.6 Å². The van der Waals surface area contributed by atoms with Gasteiger partial charge in [-0.25, -0.2) is 0 Å². The van der Waals surface area contributed by atoms with Crippen LogP contribution in [0.1, 0.15) is 54.7 Å². The maximum Gasteiger partial charge on any atom is 0.266 e. The largest absolute Gasteiger partial charge is 0.493 e. The first-order chi connectivity index (χ1) is 19.5.